The topological polar surface area (TPSA) is 43.8 Å². The van der Waals surface area contributed by atoms with Crippen LogP contribution >= 0.6 is 0 Å². The molecule has 1 saturated carbocycles. The molecule has 142 valence electrons. The van der Waals surface area contributed by atoms with Gasteiger partial charge in [0.1, 0.15) is 0 Å². The zero-order valence-electron chi connectivity index (χ0n) is 15.9. The third kappa shape index (κ3) is 3.78. The first-order chi connectivity index (χ1) is 13.2. The monoisotopic (exact) mass is 364 g/mol. The van der Waals surface area contributed by atoms with Gasteiger partial charge in [0.25, 0.3) is 5.91 Å². The van der Waals surface area contributed by atoms with Crippen LogP contribution in [0.3, 0.4) is 0 Å². The fourth-order valence-corrected chi connectivity index (χ4v) is 4.40. The first-order valence-electron chi connectivity index (χ1n) is 9.91. The number of rotatable bonds is 7. The van der Waals surface area contributed by atoms with E-state index < -0.39 is 0 Å². The minimum Gasteiger partial charge on any atom is -0.395 e. The summed E-state index contributed by atoms with van der Waals surface area (Å²) in [6.45, 7) is 1.88. The highest BCUT2D eigenvalue weighted by atomic mass is 16.3. The van der Waals surface area contributed by atoms with Crippen LogP contribution in [0.1, 0.15) is 34.7 Å². The SMILES string of the molecule is CN(C[C@@H]1[C@@H](c2ccccc2)[C@H](CO)N1CC1CC1)C(=O)c1ccccc1. The van der Waals surface area contributed by atoms with Gasteiger partial charge in [-0.1, -0.05) is 48.5 Å². The number of nitrogens with zero attached hydrogens (tertiary/aromatic N) is 2. The van der Waals surface area contributed by atoms with Crippen molar-refractivity contribution in [2.45, 2.75) is 30.8 Å². The molecule has 0 spiro atoms. The molecule has 1 heterocycles. The highest BCUT2D eigenvalue weighted by Gasteiger charge is 2.50. The Balaban J connectivity index is 1.53. The first-order valence-corrected chi connectivity index (χ1v) is 9.91. The van der Waals surface area contributed by atoms with Crippen LogP contribution in [0.4, 0.5) is 0 Å². The number of benzene rings is 2. The number of likely N-dealkylation sites (tertiary alicyclic amines) is 1. The molecule has 1 N–H and O–H groups in total. The predicted octanol–water partition coefficient (Wildman–Crippen LogP) is 3.00. The Labute approximate surface area is 161 Å². The molecular weight excluding hydrogens is 336 g/mol. The summed E-state index contributed by atoms with van der Waals surface area (Å²) in [6, 6.07) is 20.3. The fraction of sp³-hybridized carbons (Fsp3) is 0.435. The van der Waals surface area contributed by atoms with Gasteiger partial charge in [0.2, 0.25) is 0 Å². The van der Waals surface area contributed by atoms with Gasteiger partial charge >= 0.3 is 0 Å². The smallest absolute Gasteiger partial charge is 0.253 e. The summed E-state index contributed by atoms with van der Waals surface area (Å²) >= 11 is 0. The zero-order chi connectivity index (χ0) is 18.8. The Kier molecular flexibility index (Phi) is 5.28. The van der Waals surface area contributed by atoms with E-state index in [1.165, 1.54) is 18.4 Å². The van der Waals surface area contributed by atoms with E-state index in [0.717, 1.165) is 18.0 Å². The second kappa shape index (κ2) is 7.83. The van der Waals surface area contributed by atoms with Crippen molar-refractivity contribution < 1.29 is 9.90 Å². The zero-order valence-corrected chi connectivity index (χ0v) is 15.9. The van der Waals surface area contributed by atoms with Gasteiger partial charge in [0.15, 0.2) is 0 Å². The average molecular weight is 364 g/mol. The fourth-order valence-electron chi connectivity index (χ4n) is 4.40. The Morgan fingerprint density at radius 2 is 1.67 bits per heavy atom. The molecule has 1 aliphatic carbocycles. The number of hydrogen-bond donors (Lipinski definition) is 1. The van der Waals surface area contributed by atoms with Gasteiger partial charge in [-0.15, -0.1) is 0 Å². The molecule has 1 amide bonds. The van der Waals surface area contributed by atoms with Crippen molar-refractivity contribution >= 4 is 5.91 Å². The summed E-state index contributed by atoms with van der Waals surface area (Å²) in [4.78, 5) is 17.1. The second-order valence-electron chi connectivity index (χ2n) is 7.95. The van der Waals surface area contributed by atoms with E-state index >= 15 is 0 Å². The summed E-state index contributed by atoms with van der Waals surface area (Å²) in [6.07, 6.45) is 2.58. The lowest BCUT2D eigenvalue weighted by atomic mass is 9.74. The molecule has 0 aromatic heterocycles. The number of likely N-dealkylation sites (N-methyl/N-ethyl adjacent to an activating group) is 1. The van der Waals surface area contributed by atoms with Gasteiger partial charge in [0.05, 0.1) is 6.61 Å². The molecule has 1 aliphatic heterocycles. The minimum atomic E-state index is 0.0567. The molecule has 2 aromatic rings. The van der Waals surface area contributed by atoms with Crippen molar-refractivity contribution in [3.8, 4) is 0 Å². The van der Waals surface area contributed by atoms with Gasteiger partial charge in [-0.3, -0.25) is 9.69 Å². The molecule has 4 rings (SSSR count). The largest absolute Gasteiger partial charge is 0.395 e. The number of hydrogen-bond acceptors (Lipinski definition) is 3. The van der Waals surface area contributed by atoms with E-state index in [-0.39, 0.29) is 30.5 Å². The Morgan fingerprint density at radius 1 is 1.04 bits per heavy atom. The summed E-state index contributed by atoms with van der Waals surface area (Å²) in [5, 5.41) is 10.0. The lowest BCUT2D eigenvalue weighted by Crippen LogP contribution is -2.67. The van der Waals surface area contributed by atoms with Gasteiger partial charge in [0, 0.05) is 43.7 Å². The molecule has 3 atom stereocenters. The van der Waals surface area contributed by atoms with Crippen molar-refractivity contribution in [2.24, 2.45) is 5.92 Å². The average Bonchev–Trinajstić information content (AvgIpc) is 3.53. The Hall–Kier alpha value is -2.17. The lowest BCUT2D eigenvalue weighted by molar-refractivity contribution is -0.0545. The third-order valence-electron chi connectivity index (χ3n) is 6.05. The number of amides is 1. The van der Waals surface area contributed by atoms with Gasteiger partial charge < -0.3 is 10.0 Å². The highest BCUT2D eigenvalue weighted by molar-refractivity contribution is 5.94. The van der Waals surface area contributed by atoms with E-state index in [4.69, 9.17) is 0 Å². The molecule has 1 saturated heterocycles. The lowest BCUT2D eigenvalue weighted by Gasteiger charge is -2.56. The number of aliphatic hydroxyl groups excluding tert-OH is 1. The summed E-state index contributed by atoms with van der Waals surface area (Å²) in [5.41, 5.74) is 1.98. The van der Waals surface area contributed by atoms with Crippen LogP contribution in [-0.2, 0) is 0 Å². The number of carbonyl (C=O) groups excluding carboxylic acids is 1. The van der Waals surface area contributed by atoms with Crippen LogP contribution < -0.4 is 0 Å². The Morgan fingerprint density at radius 3 is 2.26 bits per heavy atom. The molecule has 2 aliphatic rings. The second-order valence-corrected chi connectivity index (χ2v) is 7.95. The maximum absolute atomic E-state index is 12.8. The first kappa shape index (κ1) is 18.2. The van der Waals surface area contributed by atoms with Crippen LogP contribution in [0, 0.1) is 5.92 Å². The van der Waals surface area contributed by atoms with Gasteiger partial charge in [-0.2, -0.15) is 0 Å². The maximum Gasteiger partial charge on any atom is 0.253 e. The van der Waals surface area contributed by atoms with E-state index in [1.807, 2.05) is 48.3 Å². The summed E-state index contributed by atoms with van der Waals surface area (Å²) < 4.78 is 0. The van der Waals surface area contributed by atoms with E-state index in [0.29, 0.717) is 6.54 Å². The molecule has 4 heteroatoms. The molecule has 27 heavy (non-hydrogen) atoms. The summed E-state index contributed by atoms with van der Waals surface area (Å²) in [5.74, 6) is 1.08. The maximum atomic E-state index is 12.8. The predicted molar refractivity (Wildman–Crippen MR) is 107 cm³/mol. The molecule has 0 unspecified atom stereocenters. The molecular formula is C23H28N2O2. The van der Waals surface area contributed by atoms with Crippen LogP contribution in [0.25, 0.3) is 0 Å². The van der Waals surface area contributed by atoms with E-state index in [9.17, 15) is 9.90 Å². The summed E-state index contributed by atoms with van der Waals surface area (Å²) in [7, 11) is 1.89. The van der Waals surface area contributed by atoms with Crippen LogP contribution in [0.2, 0.25) is 0 Å². The normalized spacial score (nSPS) is 25.0. The van der Waals surface area contributed by atoms with Crippen LogP contribution in [-0.4, -0.2) is 59.6 Å². The van der Waals surface area contributed by atoms with Crippen LogP contribution in [0.15, 0.2) is 60.7 Å². The van der Waals surface area contributed by atoms with Crippen LogP contribution in [0.5, 0.6) is 0 Å². The molecule has 2 fully saturated rings. The van der Waals surface area contributed by atoms with Gasteiger partial charge in [-0.05, 0) is 36.5 Å². The third-order valence-corrected chi connectivity index (χ3v) is 6.05. The molecule has 2 aromatic carbocycles. The van der Waals surface area contributed by atoms with Crippen molar-refractivity contribution in [1.82, 2.24) is 9.80 Å². The van der Waals surface area contributed by atoms with Crippen molar-refractivity contribution in [1.29, 1.82) is 0 Å². The van der Waals surface area contributed by atoms with E-state index in [2.05, 4.69) is 29.2 Å². The minimum absolute atomic E-state index is 0.0567. The number of carbonyl (C=O) groups is 1. The van der Waals surface area contributed by atoms with Crippen molar-refractivity contribution in [3.05, 3.63) is 71.8 Å². The van der Waals surface area contributed by atoms with E-state index in [1.54, 1.807) is 0 Å². The molecule has 4 nitrogen and oxygen atoms in total. The van der Waals surface area contributed by atoms with Gasteiger partial charge in [-0.25, -0.2) is 0 Å². The molecule has 0 bridgehead atoms. The highest BCUT2D eigenvalue weighted by Crippen LogP contribution is 2.44. The van der Waals surface area contributed by atoms with Crippen molar-refractivity contribution in [3.63, 3.8) is 0 Å². The number of aliphatic hydroxyl groups is 1. The quantitative estimate of drug-likeness (QED) is 0.821. The standard InChI is InChI=1S/C23H28N2O2/c1-24(23(27)19-10-6-3-7-11-19)15-20-22(18-8-4-2-5-9-18)21(16-26)25(20)14-17-12-13-17/h2-11,17,20-22,26H,12-16H2,1H3/t20-,21+,22-/m1/s1. The van der Waals surface area contributed by atoms with Crippen molar-refractivity contribution in [2.75, 3.05) is 26.7 Å². The molecule has 0 radical (unpaired) electrons. The Bertz CT molecular complexity index is 760.